The number of rotatable bonds is 15. The molecule has 0 heteroatoms. The molecule has 0 aromatic carbocycles. The molecule has 1 aliphatic rings. The summed E-state index contributed by atoms with van der Waals surface area (Å²) in [5.41, 5.74) is 0.754. The first-order valence-electron chi connectivity index (χ1n) is 12.0. The van der Waals surface area contributed by atoms with Gasteiger partial charge in [-0.05, 0) is 42.9 Å². The van der Waals surface area contributed by atoms with Crippen LogP contribution in [0.25, 0.3) is 0 Å². The van der Waals surface area contributed by atoms with Crippen molar-refractivity contribution in [2.75, 3.05) is 0 Å². The van der Waals surface area contributed by atoms with Gasteiger partial charge in [-0.25, -0.2) is 0 Å². The highest BCUT2D eigenvalue weighted by atomic mass is 14.4. The molecule has 0 nitrogen and oxygen atoms in total. The molecule has 0 radical (unpaired) electrons. The lowest BCUT2D eigenvalue weighted by Gasteiger charge is -2.38. The molecule has 25 heavy (non-hydrogen) atoms. The standard InChI is InChI=1S/C25H50/c1-23(2)17-12-9-7-5-6-8-10-13-19-25(20-14-11-15-21-25)22-16-18-24(3)4/h23-24H,5-22H2,1-4H3. The summed E-state index contributed by atoms with van der Waals surface area (Å²) < 4.78 is 0. The molecule has 0 spiro atoms. The first-order valence-corrected chi connectivity index (χ1v) is 12.0. The molecule has 0 N–H and O–H groups in total. The normalized spacial score (nSPS) is 17.5. The second kappa shape index (κ2) is 14.1. The van der Waals surface area contributed by atoms with E-state index >= 15 is 0 Å². The average molecular weight is 351 g/mol. The Bertz CT molecular complexity index is 282. The second-order valence-electron chi connectivity index (χ2n) is 10.1. The van der Waals surface area contributed by atoms with Gasteiger partial charge in [0.05, 0.1) is 0 Å². The van der Waals surface area contributed by atoms with Gasteiger partial charge in [0.15, 0.2) is 0 Å². The van der Waals surface area contributed by atoms with E-state index in [2.05, 4.69) is 27.7 Å². The Labute approximate surface area is 160 Å². The Kier molecular flexibility index (Phi) is 13.0. The molecule has 150 valence electrons. The summed E-state index contributed by atoms with van der Waals surface area (Å²) in [6.07, 6.45) is 26.9. The van der Waals surface area contributed by atoms with Gasteiger partial charge >= 0.3 is 0 Å². The zero-order valence-corrected chi connectivity index (χ0v) is 18.4. The summed E-state index contributed by atoms with van der Waals surface area (Å²) in [5, 5.41) is 0. The van der Waals surface area contributed by atoms with Gasteiger partial charge < -0.3 is 0 Å². The minimum Gasteiger partial charge on any atom is -0.0628 e. The van der Waals surface area contributed by atoms with Crippen molar-refractivity contribution in [2.45, 2.75) is 143 Å². The maximum Gasteiger partial charge on any atom is -0.0297 e. The molecule has 0 atom stereocenters. The van der Waals surface area contributed by atoms with E-state index in [0.29, 0.717) is 0 Å². The van der Waals surface area contributed by atoms with Crippen LogP contribution in [0.2, 0.25) is 0 Å². The quantitative estimate of drug-likeness (QED) is 0.258. The fourth-order valence-electron chi connectivity index (χ4n) is 4.93. The van der Waals surface area contributed by atoms with Crippen LogP contribution in [0.4, 0.5) is 0 Å². The van der Waals surface area contributed by atoms with Crippen LogP contribution < -0.4 is 0 Å². The minimum absolute atomic E-state index is 0.754. The van der Waals surface area contributed by atoms with Crippen molar-refractivity contribution in [3.8, 4) is 0 Å². The highest BCUT2D eigenvalue weighted by Gasteiger charge is 2.30. The Morgan fingerprint density at radius 3 is 1.52 bits per heavy atom. The summed E-state index contributed by atoms with van der Waals surface area (Å²) in [7, 11) is 0. The van der Waals surface area contributed by atoms with Crippen molar-refractivity contribution < 1.29 is 0 Å². The lowest BCUT2D eigenvalue weighted by molar-refractivity contribution is 0.145. The van der Waals surface area contributed by atoms with E-state index in [9.17, 15) is 0 Å². The Morgan fingerprint density at radius 1 is 0.520 bits per heavy atom. The van der Waals surface area contributed by atoms with Gasteiger partial charge in [-0.2, -0.15) is 0 Å². The Hall–Kier alpha value is 0. The van der Waals surface area contributed by atoms with Crippen molar-refractivity contribution in [3.05, 3.63) is 0 Å². The zero-order valence-electron chi connectivity index (χ0n) is 18.4. The average Bonchev–Trinajstić information content (AvgIpc) is 2.57. The van der Waals surface area contributed by atoms with Crippen molar-refractivity contribution in [1.29, 1.82) is 0 Å². The molecular weight excluding hydrogens is 300 g/mol. The van der Waals surface area contributed by atoms with Crippen molar-refractivity contribution >= 4 is 0 Å². The second-order valence-corrected chi connectivity index (χ2v) is 10.1. The molecule has 1 fully saturated rings. The molecule has 0 bridgehead atoms. The predicted molar refractivity (Wildman–Crippen MR) is 115 cm³/mol. The zero-order chi connectivity index (χ0) is 18.4. The summed E-state index contributed by atoms with van der Waals surface area (Å²) >= 11 is 0. The van der Waals surface area contributed by atoms with Crippen molar-refractivity contribution in [1.82, 2.24) is 0 Å². The third kappa shape index (κ3) is 12.1. The lowest BCUT2D eigenvalue weighted by atomic mass is 9.68. The fraction of sp³-hybridized carbons (Fsp3) is 1.00. The number of hydrogen-bond acceptors (Lipinski definition) is 0. The van der Waals surface area contributed by atoms with Gasteiger partial charge in [-0.1, -0.05) is 118 Å². The largest absolute Gasteiger partial charge is 0.0628 e. The smallest absolute Gasteiger partial charge is 0.0297 e. The van der Waals surface area contributed by atoms with Gasteiger partial charge in [-0.15, -0.1) is 0 Å². The van der Waals surface area contributed by atoms with Crippen LogP contribution >= 0.6 is 0 Å². The summed E-state index contributed by atoms with van der Waals surface area (Å²) in [4.78, 5) is 0. The van der Waals surface area contributed by atoms with Crippen molar-refractivity contribution in [3.63, 3.8) is 0 Å². The van der Waals surface area contributed by atoms with Crippen LogP contribution in [0.3, 0.4) is 0 Å². The molecule has 1 rings (SSSR count). The van der Waals surface area contributed by atoms with Crippen molar-refractivity contribution in [2.24, 2.45) is 17.3 Å². The monoisotopic (exact) mass is 350 g/mol. The first-order chi connectivity index (χ1) is 12.0. The van der Waals surface area contributed by atoms with Gasteiger partial charge in [0.1, 0.15) is 0 Å². The predicted octanol–water partition coefficient (Wildman–Crippen LogP) is 9.32. The molecule has 1 saturated carbocycles. The topological polar surface area (TPSA) is 0 Å². The van der Waals surface area contributed by atoms with Crippen LogP contribution in [-0.4, -0.2) is 0 Å². The Balaban J connectivity index is 2.06. The van der Waals surface area contributed by atoms with E-state index in [1.807, 2.05) is 0 Å². The van der Waals surface area contributed by atoms with E-state index in [-0.39, 0.29) is 0 Å². The molecule has 0 aromatic rings. The summed E-state index contributed by atoms with van der Waals surface area (Å²) in [6.45, 7) is 9.47. The molecule has 0 saturated heterocycles. The van der Waals surface area contributed by atoms with E-state index < -0.39 is 0 Å². The maximum atomic E-state index is 2.39. The van der Waals surface area contributed by atoms with Gasteiger partial charge in [-0.3, -0.25) is 0 Å². The fourth-order valence-corrected chi connectivity index (χ4v) is 4.93. The van der Waals surface area contributed by atoms with Crippen LogP contribution in [-0.2, 0) is 0 Å². The SMILES string of the molecule is CC(C)CCCCCCCCCCC1(CCCC(C)C)CCCCC1. The van der Waals surface area contributed by atoms with Crippen LogP contribution in [0.1, 0.15) is 143 Å². The van der Waals surface area contributed by atoms with E-state index in [1.54, 1.807) is 19.3 Å². The molecular formula is C25H50. The molecule has 1 aliphatic carbocycles. The Morgan fingerprint density at radius 2 is 0.960 bits per heavy atom. The van der Waals surface area contributed by atoms with Crippen LogP contribution in [0.5, 0.6) is 0 Å². The molecule has 0 aromatic heterocycles. The highest BCUT2D eigenvalue weighted by molar-refractivity contribution is 4.83. The molecule has 0 unspecified atom stereocenters. The molecule has 0 amide bonds. The molecule has 0 heterocycles. The van der Waals surface area contributed by atoms with E-state index in [4.69, 9.17) is 0 Å². The van der Waals surface area contributed by atoms with E-state index in [1.165, 1.54) is 96.3 Å². The minimum atomic E-state index is 0.754. The third-order valence-electron chi connectivity index (χ3n) is 6.64. The number of unbranched alkanes of at least 4 members (excludes halogenated alkanes) is 7. The van der Waals surface area contributed by atoms with Gasteiger partial charge in [0, 0.05) is 0 Å². The summed E-state index contributed by atoms with van der Waals surface area (Å²) in [6, 6.07) is 0. The van der Waals surface area contributed by atoms with Crippen LogP contribution in [0, 0.1) is 17.3 Å². The lowest BCUT2D eigenvalue weighted by Crippen LogP contribution is -2.24. The third-order valence-corrected chi connectivity index (χ3v) is 6.64. The maximum absolute atomic E-state index is 2.39. The van der Waals surface area contributed by atoms with E-state index in [0.717, 1.165) is 17.3 Å². The number of hydrogen-bond donors (Lipinski definition) is 0. The first kappa shape index (κ1) is 23.0. The van der Waals surface area contributed by atoms with Gasteiger partial charge in [0.25, 0.3) is 0 Å². The highest BCUT2D eigenvalue weighted by Crippen LogP contribution is 2.44. The van der Waals surface area contributed by atoms with Gasteiger partial charge in [0.2, 0.25) is 0 Å². The molecule has 0 aliphatic heterocycles. The van der Waals surface area contributed by atoms with Crippen LogP contribution in [0.15, 0.2) is 0 Å². The summed E-state index contributed by atoms with van der Waals surface area (Å²) in [5.74, 6) is 1.79.